The molecule has 0 unspecified atom stereocenters. The van der Waals surface area contributed by atoms with Crippen LogP contribution in [-0.2, 0) is 0 Å². The van der Waals surface area contributed by atoms with Gasteiger partial charge >= 0.3 is 6.03 Å². The molecule has 0 aromatic heterocycles. The number of anilines is 1. The highest BCUT2D eigenvalue weighted by Gasteiger charge is 2.14. The minimum Gasteiger partial charge on any atom is -0.328 e. The van der Waals surface area contributed by atoms with Crippen molar-refractivity contribution in [1.82, 2.24) is 14.7 Å². The van der Waals surface area contributed by atoms with Crippen molar-refractivity contribution in [3.63, 3.8) is 0 Å². The number of piperazine rings is 1. The number of nitrogens with one attached hydrogen (secondary N) is 1. The number of nitrogens with zero attached hydrogens (tertiary/aromatic N) is 3. The van der Waals surface area contributed by atoms with E-state index in [1.165, 1.54) is 0 Å². The number of rotatable bonds is 5. The monoisotopic (exact) mass is 340 g/mol. The lowest BCUT2D eigenvalue weighted by atomic mass is 10.1. The maximum absolute atomic E-state index is 12.5. The molecule has 3 rings (SSSR count). The first-order chi connectivity index (χ1) is 12.1. The van der Waals surface area contributed by atoms with E-state index in [2.05, 4.69) is 34.3 Å². The third-order valence-electron chi connectivity index (χ3n) is 4.94. The molecule has 1 heterocycles. The Bertz CT molecular complexity index is 704. The van der Waals surface area contributed by atoms with Gasteiger partial charge in [-0.1, -0.05) is 36.4 Å². The molecule has 0 aliphatic carbocycles. The van der Waals surface area contributed by atoms with Gasteiger partial charge in [-0.05, 0) is 31.5 Å². The second-order valence-electron chi connectivity index (χ2n) is 6.88. The van der Waals surface area contributed by atoms with E-state index >= 15 is 0 Å². The molecular formula is C20H28N4O. The van der Waals surface area contributed by atoms with Gasteiger partial charge in [0.15, 0.2) is 0 Å². The third kappa shape index (κ3) is 4.71. The first-order valence-corrected chi connectivity index (χ1v) is 9.04. The zero-order valence-electron chi connectivity index (χ0n) is 15.2. The van der Waals surface area contributed by atoms with Crippen molar-refractivity contribution in [1.29, 1.82) is 0 Å². The number of carbonyl (C=O) groups excluding carboxylic acids is 1. The SMILES string of the molecule is CN1CCN(CCCN(C)C(=O)Nc2cccc3ccccc23)CC1. The predicted octanol–water partition coefficient (Wildman–Crippen LogP) is 2.94. The molecular weight excluding hydrogens is 312 g/mol. The van der Waals surface area contributed by atoms with E-state index < -0.39 is 0 Å². The van der Waals surface area contributed by atoms with Crippen LogP contribution in [0.2, 0.25) is 0 Å². The highest BCUT2D eigenvalue weighted by Crippen LogP contribution is 2.23. The van der Waals surface area contributed by atoms with Crippen molar-refractivity contribution in [3.05, 3.63) is 42.5 Å². The first-order valence-electron chi connectivity index (χ1n) is 9.04. The molecule has 1 fully saturated rings. The van der Waals surface area contributed by atoms with Crippen LogP contribution in [0.25, 0.3) is 10.8 Å². The third-order valence-corrected chi connectivity index (χ3v) is 4.94. The Morgan fingerprint density at radius 3 is 2.60 bits per heavy atom. The minimum absolute atomic E-state index is 0.0465. The largest absolute Gasteiger partial charge is 0.328 e. The molecule has 0 atom stereocenters. The topological polar surface area (TPSA) is 38.8 Å². The van der Waals surface area contributed by atoms with Gasteiger partial charge in [-0.3, -0.25) is 0 Å². The van der Waals surface area contributed by atoms with Crippen molar-refractivity contribution in [2.45, 2.75) is 6.42 Å². The lowest BCUT2D eigenvalue weighted by Crippen LogP contribution is -2.45. The summed E-state index contributed by atoms with van der Waals surface area (Å²) in [6.07, 6.45) is 1.00. The molecule has 5 nitrogen and oxygen atoms in total. The zero-order valence-corrected chi connectivity index (χ0v) is 15.2. The molecule has 1 N–H and O–H groups in total. The van der Waals surface area contributed by atoms with E-state index in [0.29, 0.717) is 0 Å². The van der Waals surface area contributed by atoms with Gasteiger partial charge in [-0.25, -0.2) is 4.79 Å². The van der Waals surface area contributed by atoms with Crippen molar-refractivity contribution in [2.75, 3.05) is 58.7 Å². The second-order valence-corrected chi connectivity index (χ2v) is 6.88. The van der Waals surface area contributed by atoms with E-state index in [1.54, 1.807) is 4.90 Å². The highest BCUT2D eigenvalue weighted by atomic mass is 16.2. The maximum Gasteiger partial charge on any atom is 0.321 e. The fourth-order valence-corrected chi connectivity index (χ4v) is 3.25. The number of fused-ring (bicyclic) bond motifs is 1. The Hall–Kier alpha value is -2.11. The van der Waals surface area contributed by atoms with Gasteiger partial charge in [0.2, 0.25) is 0 Å². The smallest absolute Gasteiger partial charge is 0.321 e. The summed E-state index contributed by atoms with van der Waals surface area (Å²) in [5.41, 5.74) is 0.869. The van der Waals surface area contributed by atoms with Gasteiger partial charge in [0.05, 0.1) is 5.69 Å². The molecule has 1 saturated heterocycles. The number of amides is 2. The minimum atomic E-state index is -0.0465. The van der Waals surface area contributed by atoms with Gasteiger partial charge < -0.3 is 20.0 Å². The fraction of sp³-hybridized carbons (Fsp3) is 0.450. The molecule has 5 heteroatoms. The van der Waals surface area contributed by atoms with Crippen LogP contribution in [0.5, 0.6) is 0 Å². The average molecular weight is 340 g/mol. The Morgan fingerprint density at radius 2 is 1.80 bits per heavy atom. The van der Waals surface area contributed by atoms with Crippen molar-refractivity contribution in [2.24, 2.45) is 0 Å². The average Bonchev–Trinajstić information content (AvgIpc) is 2.63. The highest BCUT2D eigenvalue weighted by molar-refractivity contribution is 6.01. The number of urea groups is 1. The molecule has 1 aliphatic heterocycles. The van der Waals surface area contributed by atoms with Crippen LogP contribution in [0.4, 0.5) is 10.5 Å². The van der Waals surface area contributed by atoms with Crippen LogP contribution >= 0.6 is 0 Å². The summed E-state index contributed by atoms with van der Waals surface area (Å²) < 4.78 is 0. The molecule has 2 amide bonds. The molecule has 2 aromatic carbocycles. The summed E-state index contributed by atoms with van der Waals surface area (Å²) in [6.45, 7) is 6.35. The fourth-order valence-electron chi connectivity index (χ4n) is 3.25. The van der Waals surface area contributed by atoms with E-state index in [-0.39, 0.29) is 6.03 Å². The number of hydrogen-bond acceptors (Lipinski definition) is 3. The first kappa shape index (κ1) is 17.7. The van der Waals surface area contributed by atoms with Gasteiger partial charge in [-0.15, -0.1) is 0 Å². The summed E-state index contributed by atoms with van der Waals surface area (Å²) in [6, 6.07) is 14.1. The van der Waals surface area contributed by atoms with Crippen molar-refractivity contribution < 1.29 is 4.79 Å². The van der Waals surface area contributed by atoms with Crippen LogP contribution in [-0.4, -0.2) is 74.1 Å². The summed E-state index contributed by atoms with van der Waals surface area (Å²) in [5, 5.41) is 5.26. The van der Waals surface area contributed by atoms with Gasteiger partial charge in [0.25, 0.3) is 0 Å². The van der Waals surface area contributed by atoms with Crippen LogP contribution < -0.4 is 5.32 Å². The van der Waals surface area contributed by atoms with E-state index in [4.69, 9.17) is 0 Å². The zero-order chi connectivity index (χ0) is 17.6. The molecule has 0 spiro atoms. The van der Waals surface area contributed by atoms with Crippen LogP contribution in [0.1, 0.15) is 6.42 Å². The quantitative estimate of drug-likeness (QED) is 0.909. The van der Waals surface area contributed by atoms with Crippen LogP contribution in [0.15, 0.2) is 42.5 Å². The lowest BCUT2D eigenvalue weighted by Gasteiger charge is -2.32. The molecule has 0 saturated carbocycles. The summed E-state index contributed by atoms with van der Waals surface area (Å²) in [4.78, 5) is 19.1. The van der Waals surface area contributed by atoms with Crippen molar-refractivity contribution in [3.8, 4) is 0 Å². The summed E-state index contributed by atoms with van der Waals surface area (Å²) in [5.74, 6) is 0. The van der Waals surface area contributed by atoms with E-state index in [1.807, 2.05) is 37.4 Å². The second kappa shape index (κ2) is 8.32. The molecule has 134 valence electrons. The number of hydrogen-bond donors (Lipinski definition) is 1. The van der Waals surface area contributed by atoms with E-state index in [9.17, 15) is 4.79 Å². The van der Waals surface area contributed by atoms with Crippen molar-refractivity contribution >= 4 is 22.5 Å². The number of carbonyl (C=O) groups is 1. The van der Waals surface area contributed by atoms with Gasteiger partial charge in [0.1, 0.15) is 0 Å². The standard InChI is InChI=1S/C20H28N4O/c1-22-13-15-24(16-14-22)12-6-11-23(2)20(25)21-19-10-5-8-17-7-3-4-9-18(17)19/h3-5,7-10H,6,11-16H2,1-2H3,(H,21,25). The normalized spacial score (nSPS) is 16.1. The van der Waals surface area contributed by atoms with E-state index in [0.717, 1.165) is 62.1 Å². The molecule has 2 aromatic rings. The molecule has 25 heavy (non-hydrogen) atoms. The lowest BCUT2D eigenvalue weighted by molar-refractivity contribution is 0.149. The molecule has 1 aliphatic rings. The summed E-state index contributed by atoms with van der Waals surface area (Å²) >= 11 is 0. The Balaban J connectivity index is 1.49. The Labute approximate surface area is 150 Å². The van der Waals surface area contributed by atoms with Crippen LogP contribution in [0, 0.1) is 0 Å². The number of benzene rings is 2. The van der Waals surface area contributed by atoms with Crippen LogP contribution in [0.3, 0.4) is 0 Å². The maximum atomic E-state index is 12.5. The van der Waals surface area contributed by atoms with Gasteiger partial charge in [-0.2, -0.15) is 0 Å². The molecule has 0 bridgehead atoms. The number of likely N-dealkylation sites (N-methyl/N-ethyl adjacent to an activating group) is 1. The molecule has 0 radical (unpaired) electrons. The van der Waals surface area contributed by atoms with Gasteiger partial charge in [0, 0.05) is 45.2 Å². The Kier molecular flexibility index (Phi) is 5.89. The predicted molar refractivity (Wildman–Crippen MR) is 104 cm³/mol. The Morgan fingerprint density at radius 1 is 1.08 bits per heavy atom. The summed E-state index contributed by atoms with van der Waals surface area (Å²) in [7, 11) is 4.03.